The predicted octanol–water partition coefficient (Wildman–Crippen LogP) is 1.90. The van der Waals surface area contributed by atoms with E-state index in [0.29, 0.717) is 0 Å². The van der Waals surface area contributed by atoms with Gasteiger partial charge in [-0.15, -0.1) is 6.58 Å². The number of aliphatic hydroxyl groups is 1. The lowest BCUT2D eigenvalue weighted by Gasteiger charge is -2.21. The summed E-state index contributed by atoms with van der Waals surface area (Å²) in [5.74, 6) is 0.0240. The van der Waals surface area contributed by atoms with Crippen molar-refractivity contribution in [1.82, 2.24) is 0 Å². The van der Waals surface area contributed by atoms with Crippen molar-refractivity contribution in [3.8, 4) is 0 Å². The Hall–Kier alpha value is -0.830. The van der Waals surface area contributed by atoms with E-state index in [1.807, 2.05) is 20.8 Å². The third-order valence-electron chi connectivity index (χ3n) is 2.77. The summed E-state index contributed by atoms with van der Waals surface area (Å²) < 4.78 is 5.22. The van der Waals surface area contributed by atoms with Gasteiger partial charge in [0.2, 0.25) is 0 Å². The van der Waals surface area contributed by atoms with E-state index in [1.54, 1.807) is 6.08 Å². The van der Waals surface area contributed by atoms with Gasteiger partial charge in [-0.25, -0.2) is 0 Å². The smallest absolute Gasteiger partial charge is 0.306 e. The molecule has 0 amide bonds. The average Bonchev–Trinajstić information content (AvgIpc) is 2.76. The molecule has 1 saturated carbocycles. The Kier molecular flexibility index (Phi) is 3.24. The molecule has 0 radical (unpaired) electrons. The van der Waals surface area contributed by atoms with Gasteiger partial charge in [0.15, 0.2) is 0 Å². The first-order valence-corrected chi connectivity index (χ1v) is 5.28. The fraction of sp³-hybridized carbons (Fsp3) is 0.750. The number of ether oxygens (including phenoxy) is 1. The largest absolute Gasteiger partial charge is 0.460 e. The highest BCUT2D eigenvalue weighted by Crippen LogP contribution is 2.55. The van der Waals surface area contributed by atoms with Gasteiger partial charge < -0.3 is 9.84 Å². The molecule has 1 fully saturated rings. The molecule has 0 aromatic carbocycles. The molecule has 3 nitrogen and oxygen atoms in total. The summed E-state index contributed by atoms with van der Waals surface area (Å²) in [6.07, 6.45) is 2.93. The number of aliphatic hydroxyl groups excluding tert-OH is 1. The lowest BCUT2D eigenvalue weighted by atomic mass is 10.0. The molecule has 2 atom stereocenters. The summed E-state index contributed by atoms with van der Waals surface area (Å²) in [5, 5.41) is 9.25. The third-order valence-corrected chi connectivity index (χ3v) is 2.77. The average molecular weight is 212 g/mol. The number of hydrogen-bond acceptors (Lipinski definition) is 3. The Morgan fingerprint density at radius 3 is 2.60 bits per heavy atom. The first kappa shape index (κ1) is 12.2. The number of allylic oxidation sites excluding steroid dienone is 1. The number of rotatable bonds is 4. The van der Waals surface area contributed by atoms with Crippen LogP contribution in [0, 0.1) is 11.3 Å². The maximum Gasteiger partial charge on any atom is 0.306 e. The number of esters is 1. The molecular weight excluding hydrogens is 192 g/mol. The second-order valence-electron chi connectivity index (χ2n) is 5.33. The number of carbonyl (C=O) groups excluding carboxylic acids is 1. The molecule has 0 aliphatic heterocycles. The standard InChI is InChI=1S/C12H20O3/c1-5-9-6-12(9,8-13)7-10(14)15-11(2,3)4/h5,9,13H,1,6-8H2,2-4H3/t9-,12+/m1/s1. The van der Waals surface area contributed by atoms with E-state index in [2.05, 4.69) is 6.58 Å². The topological polar surface area (TPSA) is 46.5 Å². The molecule has 0 saturated heterocycles. The van der Waals surface area contributed by atoms with Crippen molar-refractivity contribution in [3.63, 3.8) is 0 Å². The molecule has 86 valence electrons. The van der Waals surface area contributed by atoms with Crippen molar-refractivity contribution >= 4 is 5.97 Å². The van der Waals surface area contributed by atoms with Crippen molar-refractivity contribution in [2.24, 2.45) is 11.3 Å². The van der Waals surface area contributed by atoms with Crippen LogP contribution in [-0.4, -0.2) is 23.3 Å². The number of hydrogen-bond donors (Lipinski definition) is 1. The third kappa shape index (κ3) is 3.06. The Bertz CT molecular complexity index is 265. The van der Waals surface area contributed by atoms with Crippen LogP contribution in [-0.2, 0) is 9.53 Å². The van der Waals surface area contributed by atoms with Crippen molar-refractivity contribution in [2.75, 3.05) is 6.61 Å². The molecule has 0 heterocycles. The second kappa shape index (κ2) is 3.97. The number of carbonyl (C=O) groups is 1. The molecule has 0 spiro atoms. The predicted molar refractivity (Wildman–Crippen MR) is 58.3 cm³/mol. The molecular formula is C12H20O3. The zero-order valence-electron chi connectivity index (χ0n) is 9.75. The summed E-state index contributed by atoms with van der Waals surface area (Å²) in [4.78, 5) is 11.6. The highest BCUT2D eigenvalue weighted by Gasteiger charge is 2.53. The van der Waals surface area contributed by atoms with Gasteiger partial charge in [0.25, 0.3) is 0 Å². The molecule has 15 heavy (non-hydrogen) atoms. The second-order valence-corrected chi connectivity index (χ2v) is 5.33. The van der Waals surface area contributed by atoms with Crippen LogP contribution in [0.3, 0.4) is 0 Å². The van der Waals surface area contributed by atoms with E-state index < -0.39 is 5.60 Å². The maximum absolute atomic E-state index is 11.6. The van der Waals surface area contributed by atoms with Crippen LogP contribution in [0.5, 0.6) is 0 Å². The van der Waals surface area contributed by atoms with Crippen molar-refractivity contribution in [3.05, 3.63) is 12.7 Å². The Labute approximate surface area is 91.1 Å². The monoisotopic (exact) mass is 212 g/mol. The van der Waals surface area contributed by atoms with E-state index in [0.717, 1.165) is 6.42 Å². The van der Waals surface area contributed by atoms with Crippen molar-refractivity contribution < 1.29 is 14.6 Å². The minimum atomic E-state index is -0.452. The Morgan fingerprint density at radius 1 is 1.67 bits per heavy atom. The Morgan fingerprint density at radius 2 is 2.27 bits per heavy atom. The first-order valence-electron chi connectivity index (χ1n) is 5.28. The lowest BCUT2D eigenvalue weighted by Crippen LogP contribution is -2.27. The van der Waals surface area contributed by atoms with E-state index in [9.17, 15) is 9.90 Å². The van der Waals surface area contributed by atoms with Crippen molar-refractivity contribution in [1.29, 1.82) is 0 Å². The van der Waals surface area contributed by atoms with Gasteiger partial charge in [0.1, 0.15) is 5.60 Å². The molecule has 1 rings (SSSR count). The molecule has 1 aliphatic carbocycles. The molecule has 3 heteroatoms. The molecule has 0 bridgehead atoms. The zero-order valence-corrected chi connectivity index (χ0v) is 9.75. The summed E-state index contributed by atoms with van der Waals surface area (Å²) in [5.41, 5.74) is -0.740. The van der Waals surface area contributed by atoms with Gasteiger partial charge in [0, 0.05) is 12.0 Å². The van der Waals surface area contributed by atoms with Crippen LogP contribution in [0.15, 0.2) is 12.7 Å². The van der Waals surface area contributed by atoms with E-state index in [-0.39, 0.29) is 30.3 Å². The van der Waals surface area contributed by atoms with Crippen LogP contribution >= 0.6 is 0 Å². The fourth-order valence-electron chi connectivity index (χ4n) is 1.82. The minimum absolute atomic E-state index is 0.0307. The highest BCUT2D eigenvalue weighted by molar-refractivity contribution is 5.71. The van der Waals surface area contributed by atoms with E-state index in [1.165, 1.54) is 0 Å². The van der Waals surface area contributed by atoms with E-state index >= 15 is 0 Å². The van der Waals surface area contributed by atoms with Gasteiger partial charge >= 0.3 is 5.97 Å². The maximum atomic E-state index is 11.6. The molecule has 1 N–H and O–H groups in total. The van der Waals surface area contributed by atoms with Crippen molar-refractivity contribution in [2.45, 2.75) is 39.2 Å². The Balaban J connectivity index is 2.48. The quantitative estimate of drug-likeness (QED) is 0.572. The van der Waals surface area contributed by atoms with Gasteiger partial charge in [-0.05, 0) is 33.1 Å². The van der Waals surface area contributed by atoms with Gasteiger partial charge in [-0.3, -0.25) is 4.79 Å². The normalized spacial score (nSPS) is 29.7. The molecule has 0 aromatic heterocycles. The van der Waals surface area contributed by atoms with Crippen LogP contribution in [0.2, 0.25) is 0 Å². The van der Waals surface area contributed by atoms with Gasteiger partial charge in [-0.1, -0.05) is 6.08 Å². The SMILES string of the molecule is C=C[C@@H]1C[C@@]1(CO)CC(=O)OC(C)(C)C. The van der Waals surface area contributed by atoms with Crippen LogP contribution in [0.1, 0.15) is 33.6 Å². The summed E-state index contributed by atoms with van der Waals surface area (Å²) in [6.45, 7) is 9.24. The van der Waals surface area contributed by atoms with Crippen LogP contribution < -0.4 is 0 Å². The fourth-order valence-corrected chi connectivity index (χ4v) is 1.82. The molecule has 0 aromatic rings. The summed E-state index contributed by atoms with van der Waals surface area (Å²) >= 11 is 0. The van der Waals surface area contributed by atoms with E-state index in [4.69, 9.17) is 4.74 Å². The minimum Gasteiger partial charge on any atom is -0.460 e. The molecule has 0 unspecified atom stereocenters. The molecule has 1 aliphatic rings. The first-order chi connectivity index (χ1) is 6.83. The summed E-state index contributed by atoms with van der Waals surface area (Å²) in [7, 11) is 0. The van der Waals surface area contributed by atoms with Crippen LogP contribution in [0.4, 0.5) is 0 Å². The van der Waals surface area contributed by atoms with Gasteiger partial charge in [-0.2, -0.15) is 0 Å². The zero-order chi connectivity index (χ0) is 11.7. The van der Waals surface area contributed by atoms with Gasteiger partial charge in [0.05, 0.1) is 6.42 Å². The highest BCUT2D eigenvalue weighted by atomic mass is 16.6. The van der Waals surface area contributed by atoms with Crippen LogP contribution in [0.25, 0.3) is 0 Å². The summed E-state index contributed by atoms with van der Waals surface area (Å²) in [6, 6.07) is 0. The lowest BCUT2D eigenvalue weighted by molar-refractivity contribution is -0.156.